The number of hydrogen-bond acceptors (Lipinski definition) is 4. The molecule has 0 unspecified atom stereocenters. The van der Waals surface area contributed by atoms with Crippen molar-refractivity contribution in [2.24, 2.45) is 0 Å². The van der Waals surface area contributed by atoms with Crippen molar-refractivity contribution in [1.82, 2.24) is 10.3 Å². The molecule has 4 heteroatoms. The van der Waals surface area contributed by atoms with Gasteiger partial charge in [-0.15, -0.1) is 11.3 Å². The van der Waals surface area contributed by atoms with E-state index in [1.54, 1.807) is 11.3 Å². The summed E-state index contributed by atoms with van der Waals surface area (Å²) in [6.45, 7) is 2.07. The molecule has 3 aromatic rings. The van der Waals surface area contributed by atoms with E-state index in [9.17, 15) is 0 Å². The van der Waals surface area contributed by atoms with Gasteiger partial charge in [-0.3, -0.25) is 0 Å². The van der Waals surface area contributed by atoms with Crippen LogP contribution in [0.15, 0.2) is 66.0 Å². The van der Waals surface area contributed by atoms with E-state index in [4.69, 9.17) is 4.98 Å². The largest absolute Gasteiger partial charge is 0.332 e. The molecule has 1 aliphatic heterocycles. The third kappa shape index (κ3) is 2.95. The van der Waals surface area contributed by atoms with E-state index in [0.717, 1.165) is 36.8 Å². The highest BCUT2D eigenvalue weighted by molar-refractivity contribution is 7.13. The number of thiazole rings is 1. The Kier molecular flexibility index (Phi) is 4.32. The topological polar surface area (TPSA) is 37.0 Å². The summed E-state index contributed by atoms with van der Waals surface area (Å²) in [7, 11) is 0. The van der Waals surface area contributed by atoms with Crippen molar-refractivity contribution in [3.8, 4) is 0 Å². The molecule has 1 aromatic heterocycles. The lowest BCUT2D eigenvalue weighted by Crippen LogP contribution is -2.41. The number of aromatic nitrogens is 1. The summed E-state index contributed by atoms with van der Waals surface area (Å²) in [6.07, 6.45) is 2.18. The summed E-state index contributed by atoms with van der Waals surface area (Å²) < 4.78 is 0. The highest BCUT2D eigenvalue weighted by atomic mass is 32.1. The van der Waals surface area contributed by atoms with E-state index in [2.05, 4.69) is 58.5 Å². The monoisotopic (exact) mass is 335 g/mol. The van der Waals surface area contributed by atoms with Gasteiger partial charge in [0.15, 0.2) is 5.13 Å². The molecule has 0 spiro atoms. The maximum absolute atomic E-state index is 4.96. The number of nitrogens with one attached hydrogen (secondary N) is 2. The molecule has 0 bridgehead atoms. The van der Waals surface area contributed by atoms with Crippen molar-refractivity contribution in [1.29, 1.82) is 0 Å². The molecule has 122 valence electrons. The van der Waals surface area contributed by atoms with Gasteiger partial charge < -0.3 is 10.6 Å². The van der Waals surface area contributed by atoms with Crippen molar-refractivity contribution in [3.63, 3.8) is 0 Å². The fraction of sp³-hybridized carbons (Fsp3) is 0.250. The number of nitrogens with zero attached hydrogens (tertiary/aromatic N) is 1. The van der Waals surface area contributed by atoms with Crippen molar-refractivity contribution in [3.05, 3.63) is 77.3 Å². The van der Waals surface area contributed by atoms with Crippen LogP contribution in [0.5, 0.6) is 0 Å². The number of piperidine rings is 1. The second-order valence-electron chi connectivity index (χ2n) is 6.23. The molecule has 1 fully saturated rings. The van der Waals surface area contributed by atoms with E-state index in [1.165, 1.54) is 11.3 Å². The van der Waals surface area contributed by atoms with Gasteiger partial charge >= 0.3 is 0 Å². The molecule has 0 atom stereocenters. The average molecular weight is 335 g/mol. The zero-order valence-electron chi connectivity index (χ0n) is 13.5. The molecule has 0 aliphatic carbocycles. The molecule has 1 aliphatic rings. The Morgan fingerprint density at radius 3 is 2.29 bits per heavy atom. The lowest BCUT2D eigenvalue weighted by Gasteiger charge is -2.37. The van der Waals surface area contributed by atoms with E-state index in [0.29, 0.717) is 0 Å². The van der Waals surface area contributed by atoms with Crippen LogP contribution in [0, 0.1) is 0 Å². The summed E-state index contributed by atoms with van der Waals surface area (Å²) in [6, 6.07) is 21.1. The van der Waals surface area contributed by atoms with Crippen molar-refractivity contribution >= 4 is 22.2 Å². The van der Waals surface area contributed by atoms with Crippen molar-refractivity contribution in [2.45, 2.75) is 18.3 Å². The van der Waals surface area contributed by atoms with Crippen LogP contribution < -0.4 is 10.6 Å². The van der Waals surface area contributed by atoms with Gasteiger partial charge in [-0.1, -0.05) is 48.5 Å². The second kappa shape index (κ2) is 6.75. The quantitative estimate of drug-likeness (QED) is 0.734. The number of para-hydroxylation sites is 1. The van der Waals surface area contributed by atoms with Gasteiger partial charge in [0.25, 0.3) is 0 Å². The molecule has 2 heterocycles. The highest BCUT2D eigenvalue weighted by Crippen LogP contribution is 2.41. The van der Waals surface area contributed by atoms with Crippen LogP contribution in [0.1, 0.15) is 24.1 Å². The molecule has 0 radical (unpaired) electrons. The third-order valence-electron chi connectivity index (χ3n) is 4.80. The van der Waals surface area contributed by atoms with E-state index in [-0.39, 0.29) is 5.41 Å². The van der Waals surface area contributed by atoms with Crippen LogP contribution in [-0.2, 0) is 5.41 Å². The summed E-state index contributed by atoms with van der Waals surface area (Å²) in [5.74, 6) is 0. The van der Waals surface area contributed by atoms with E-state index >= 15 is 0 Å². The number of anilines is 2. The standard InChI is InChI=1S/C20H21N3S/c1-3-7-16(8-4-1)20(11-13-21-14-12-20)18-15-24-19(23-18)22-17-9-5-2-6-10-17/h1-10,15,21H,11-14H2,(H,22,23). The summed E-state index contributed by atoms with van der Waals surface area (Å²) in [5, 5.41) is 10.1. The van der Waals surface area contributed by atoms with Crippen LogP contribution >= 0.6 is 11.3 Å². The van der Waals surface area contributed by atoms with Gasteiger partial charge in [0.1, 0.15) is 0 Å². The molecule has 2 aromatic carbocycles. The van der Waals surface area contributed by atoms with Crippen LogP contribution in [0.2, 0.25) is 0 Å². The Hall–Kier alpha value is -2.17. The second-order valence-corrected chi connectivity index (χ2v) is 7.09. The first-order valence-corrected chi connectivity index (χ1v) is 9.29. The predicted octanol–water partition coefficient (Wildman–Crippen LogP) is 4.56. The maximum atomic E-state index is 4.96. The Bertz CT molecular complexity index is 777. The third-order valence-corrected chi connectivity index (χ3v) is 5.56. The minimum absolute atomic E-state index is 0.0274. The fourth-order valence-electron chi connectivity index (χ4n) is 3.50. The Morgan fingerprint density at radius 1 is 0.917 bits per heavy atom. The smallest absolute Gasteiger partial charge is 0.187 e. The number of hydrogen-bond donors (Lipinski definition) is 2. The Balaban J connectivity index is 1.67. The van der Waals surface area contributed by atoms with Gasteiger partial charge in [-0.2, -0.15) is 0 Å². The molecule has 24 heavy (non-hydrogen) atoms. The predicted molar refractivity (Wildman–Crippen MR) is 101 cm³/mol. The number of benzene rings is 2. The van der Waals surface area contributed by atoms with Gasteiger partial charge in [-0.25, -0.2) is 4.98 Å². The first-order chi connectivity index (χ1) is 11.9. The minimum atomic E-state index is 0.0274. The number of rotatable bonds is 4. The Labute approximate surface area is 146 Å². The molecule has 0 saturated carbocycles. The van der Waals surface area contributed by atoms with Gasteiger partial charge in [0, 0.05) is 16.5 Å². The van der Waals surface area contributed by atoms with Crippen LogP contribution in [0.4, 0.5) is 10.8 Å². The molecular formula is C20H21N3S. The normalized spacial score (nSPS) is 16.7. The van der Waals surface area contributed by atoms with Crippen LogP contribution in [0.3, 0.4) is 0 Å². The maximum Gasteiger partial charge on any atom is 0.187 e. The SMILES string of the molecule is c1ccc(Nc2nc(C3(c4ccccc4)CCNCC3)cs2)cc1. The average Bonchev–Trinajstić information content (AvgIpc) is 3.13. The first-order valence-electron chi connectivity index (χ1n) is 8.41. The summed E-state index contributed by atoms with van der Waals surface area (Å²) in [5.41, 5.74) is 3.68. The Morgan fingerprint density at radius 2 is 1.58 bits per heavy atom. The lowest BCUT2D eigenvalue weighted by atomic mass is 9.71. The van der Waals surface area contributed by atoms with Gasteiger partial charge in [0.05, 0.1) is 5.69 Å². The molecule has 1 saturated heterocycles. The van der Waals surface area contributed by atoms with Crippen LogP contribution in [-0.4, -0.2) is 18.1 Å². The van der Waals surface area contributed by atoms with Gasteiger partial charge in [0.2, 0.25) is 0 Å². The molecular weight excluding hydrogens is 314 g/mol. The molecule has 4 rings (SSSR count). The fourth-order valence-corrected chi connectivity index (χ4v) is 4.33. The van der Waals surface area contributed by atoms with E-state index < -0.39 is 0 Å². The van der Waals surface area contributed by atoms with Crippen LogP contribution in [0.25, 0.3) is 0 Å². The van der Waals surface area contributed by atoms with Gasteiger partial charge in [-0.05, 0) is 43.6 Å². The zero-order valence-corrected chi connectivity index (χ0v) is 14.4. The highest BCUT2D eigenvalue weighted by Gasteiger charge is 2.37. The van der Waals surface area contributed by atoms with E-state index in [1.807, 2.05) is 18.2 Å². The lowest BCUT2D eigenvalue weighted by molar-refractivity contribution is 0.356. The summed E-state index contributed by atoms with van der Waals surface area (Å²) >= 11 is 1.69. The molecule has 3 nitrogen and oxygen atoms in total. The summed E-state index contributed by atoms with van der Waals surface area (Å²) in [4.78, 5) is 4.96. The minimum Gasteiger partial charge on any atom is -0.332 e. The van der Waals surface area contributed by atoms with Crippen molar-refractivity contribution in [2.75, 3.05) is 18.4 Å². The first kappa shape index (κ1) is 15.4. The molecule has 0 amide bonds. The zero-order chi connectivity index (χ0) is 16.2. The van der Waals surface area contributed by atoms with Crippen molar-refractivity contribution < 1.29 is 0 Å². The molecule has 2 N–H and O–H groups in total.